The van der Waals surface area contributed by atoms with E-state index in [2.05, 4.69) is 10.2 Å². The van der Waals surface area contributed by atoms with Gasteiger partial charge in [0.15, 0.2) is 0 Å². The highest BCUT2D eigenvalue weighted by Gasteiger charge is 2.17. The molecule has 0 fully saturated rings. The average molecular weight is 202 g/mol. The van der Waals surface area contributed by atoms with E-state index < -0.39 is 5.97 Å². The molecule has 0 amide bonds. The summed E-state index contributed by atoms with van der Waals surface area (Å²) >= 11 is 0. The van der Waals surface area contributed by atoms with Crippen LogP contribution < -0.4 is 5.32 Å². The van der Waals surface area contributed by atoms with Gasteiger partial charge in [-0.2, -0.15) is 0 Å². The summed E-state index contributed by atoms with van der Waals surface area (Å²) in [6, 6.07) is 0.0367. The number of rotatable bonds is 7. The largest absolute Gasteiger partial charge is 0.481 e. The number of carboxylic acid groups (broad SMARTS) is 1. The molecule has 0 aliphatic heterocycles. The Kier molecular flexibility index (Phi) is 6.49. The topological polar surface area (TPSA) is 52.6 Å². The van der Waals surface area contributed by atoms with Crippen LogP contribution in [0, 0.1) is 5.92 Å². The molecule has 2 N–H and O–H groups in total. The Bertz CT molecular complexity index is 172. The number of aliphatic carboxylic acids is 1. The molecule has 0 aromatic carbocycles. The fourth-order valence-electron chi connectivity index (χ4n) is 1.12. The van der Waals surface area contributed by atoms with E-state index >= 15 is 0 Å². The molecule has 0 aliphatic rings. The van der Waals surface area contributed by atoms with Crippen molar-refractivity contribution in [3.63, 3.8) is 0 Å². The molecule has 2 atom stereocenters. The molecule has 0 aliphatic carbocycles. The first-order chi connectivity index (χ1) is 6.45. The van der Waals surface area contributed by atoms with E-state index in [1.165, 1.54) is 0 Å². The van der Waals surface area contributed by atoms with Crippen LogP contribution in [0.3, 0.4) is 0 Å². The monoisotopic (exact) mass is 202 g/mol. The second-order valence-electron chi connectivity index (χ2n) is 4.03. The van der Waals surface area contributed by atoms with Crippen LogP contribution in [-0.4, -0.2) is 49.2 Å². The van der Waals surface area contributed by atoms with E-state index in [1.54, 1.807) is 6.92 Å². The van der Waals surface area contributed by atoms with Crippen molar-refractivity contribution in [3.8, 4) is 0 Å². The van der Waals surface area contributed by atoms with Crippen LogP contribution in [0.15, 0.2) is 0 Å². The highest BCUT2D eigenvalue weighted by molar-refractivity contribution is 5.70. The van der Waals surface area contributed by atoms with E-state index in [0.717, 1.165) is 19.5 Å². The first-order valence-corrected chi connectivity index (χ1v) is 5.06. The molecule has 0 aromatic heterocycles. The van der Waals surface area contributed by atoms with Gasteiger partial charge in [0.1, 0.15) is 0 Å². The maximum absolute atomic E-state index is 10.6. The van der Waals surface area contributed by atoms with Gasteiger partial charge in [-0.15, -0.1) is 0 Å². The fraction of sp³-hybridized carbons (Fsp3) is 0.900. The van der Waals surface area contributed by atoms with E-state index in [-0.39, 0.29) is 12.0 Å². The minimum atomic E-state index is -0.738. The molecular formula is C10H22N2O2. The molecular weight excluding hydrogens is 180 g/mol. The van der Waals surface area contributed by atoms with Gasteiger partial charge in [-0.1, -0.05) is 6.92 Å². The summed E-state index contributed by atoms with van der Waals surface area (Å²) in [4.78, 5) is 12.8. The minimum Gasteiger partial charge on any atom is -0.481 e. The van der Waals surface area contributed by atoms with Crippen LogP contribution in [0.4, 0.5) is 0 Å². The third kappa shape index (κ3) is 5.94. The van der Waals surface area contributed by atoms with Crippen molar-refractivity contribution < 1.29 is 9.90 Å². The first kappa shape index (κ1) is 13.4. The predicted octanol–water partition coefficient (Wildman–Crippen LogP) is 0.637. The summed E-state index contributed by atoms with van der Waals surface area (Å²) in [5, 5.41) is 12.0. The van der Waals surface area contributed by atoms with Gasteiger partial charge in [0, 0.05) is 6.04 Å². The second kappa shape index (κ2) is 6.79. The molecule has 2 unspecified atom stereocenters. The molecule has 0 radical (unpaired) electrons. The lowest BCUT2D eigenvalue weighted by atomic mass is 10.0. The summed E-state index contributed by atoms with van der Waals surface area (Å²) in [6.07, 6.45) is 1.05. The van der Waals surface area contributed by atoms with E-state index in [4.69, 9.17) is 5.11 Å². The van der Waals surface area contributed by atoms with Gasteiger partial charge in [-0.05, 0) is 40.5 Å². The Labute approximate surface area is 86.3 Å². The van der Waals surface area contributed by atoms with Crippen molar-refractivity contribution in [2.75, 3.05) is 27.2 Å². The highest BCUT2D eigenvalue weighted by atomic mass is 16.4. The summed E-state index contributed by atoms with van der Waals surface area (Å²) < 4.78 is 0. The minimum absolute atomic E-state index is 0.0367. The standard InChI is InChI=1S/C10H22N2O2/c1-8(10(13)14)9(2)11-6-5-7-12(3)4/h8-9,11H,5-7H2,1-4H3,(H,13,14). The Morgan fingerprint density at radius 2 is 2.00 bits per heavy atom. The highest BCUT2D eigenvalue weighted by Crippen LogP contribution is 2.01. The van der Waals surface area contributed by atoms with Crippen molar-refractivity contribution >= 4 is 5.97 Å². The van der Waals surface area contributed by atoms with Gasteiger partial charge < -0.3 is 15.3 Å². The van der Waals surface area contributed by atoms with E-state index in [9.17, 15) is 4.79 Å². The molecule has 14 heavy (non-hydrogen) atoms. The number of hydrogen-bond donors (Lipinski definition) is 2. The van der Waals surface area contributed by atoms with Crippen LogP contribution in [0.2, 0.25) is 0 Å². The third-order valence-electron chi connectivity index (χ3n) is 2.39. The number of hydrogen-bond acceptors (Lipinski definition) is 3. The number of nitrogens with one attached hydrogen (secondary N) is 1. The van der Waals surface area contributed by atoms with Crippen molar-refractivity contribution in [2.24, 2.45) is 5.92 Å². The summed E-state index contributed by atoms with van der Waals surface area (Å²) in [5.74, 6) is -1.06. The molecule has 84 valence electrons. The third-order valence-corrected chi connectivity index (χ3v) is 2.39. The van der Waals surface area contributed by atoms with Crippen LogP contribution in [0.25, 0.3) is 0 Å². The Hall–Kier alpha value is -0.610. The molecule has 0 spiro atoms. The van der Waals surface area contributed by atoms with Crippen molar-refractivity contribution in [2.45, 2.75) is 26.3 Å². The van der Waals surface area contributed by atoms with Gasteiger partial charge in [0.05, 0.1) is 5.92 Å². The van der Waals surface area contributed by atoms with Gasteiger partial charge in [-0.3, -0.25) is 4.79 Å². The lowest BCUT2D eigenvalue weighted by molar-refractivity contribution is -0.141. The van der Waals surface area contributed by atoms with Crippen LogP contribution >= 0.6 is 0 Å². The molecule has 0 rings (SSSR count). The lowest BCUT2D eigenvalue weighted by Gasteiger charge is -2.18. The van der Waals surface area contributed by atoms with E-state index in [1.807, 2.05) is 21.0 Å². The average Bonchev–Trinajstić information content (AvgIpc) is 2.10. The SMILES string of the molecule is CC(NCCCN(C)C)C(C)C(=O)O. The summed E-state index contributed by atoms with van der Waals surface area (Å²) in [5.41, 5.74) is 0. The molecule has 0 heterocycles. The number of carboxylic acids is 1. The second-order valence-corrected chi connectivity index (χ2v) is 4.03. The predicted molar refractivity (Wildman–Crippen MR) is 57.4 cm³/mol. The zero-order valence-corrected chi connectivity index (χ0v) is 9.58. The van der Waals surface area contributed by atoms with Crippen molar-refractivity contribution in [3.05, 3.63) is 0 Å². The molecule has 0 saturated heterocycles. The van der Waals surface area contributed by atoms with E-state index in [0.29, 0.717) is 0 Å². The van der Waals surface area contributed by atoms with Crippen LogP contribution in [-0.2, 0) is 4.79 Å². The number of nitrogens with zero attached hydrogens (tertiary/aromatic N) is 1. The summed E-state index contributed by atoms with van der Waals surface area (Å²) in [7, 11) is 4.06. The summed E-state index contributed by atoms with van der Waals surface area (Å²) in [6.45, 7) is 5.54. The molecule has 0 saturated carbocycles. The Morgan fingerprint density at radius 1 is 1.43 bits per heavy atom. The molecule has 0 bridgehead atoms. The van der Waals surface area contributed by atoms with Gasteiger partial charge >= 0.3 is 5.97 Å². The van der Waals surface area contributed by atoms with Gasteiger partial charge in [0.25, 0.3) is 0 Å². The molecule has 4 heteroatoms. The molecule has 4 nitrogen and oxygen atoms in total. The lowest BCUT2D eigenvalue weighted by Crippen LogP contribution is -2.37. The fourth-order valence-corrected chi connectivity index (χ4v) is 1.12. The zero-order valence-electron chi connectivity index (χ0n) is 9.58. The Balaban J connectivity index is 3.53. The smallest absolute Gasteiger partial charge is 0.307 e. The van der Waals surface area contributed by atoms with Crippen molar-refractivity contribution in [1.82, 2.24) is 10.2 Å². The normalized spacial score (nSPS) is 15.5. The molecule has 0 aromatic rings. The van der Waals surface area contributed by atoms with Gasteiger partial charge in [-0.25, -0.2) is 0 Å². The van der Waals surface area contributed by atoms with Gasteiger partial charge in [0.2, 0.25) is 0 Å². The zero-order chi connectivity index (χ0) is 11.1. The van der Waals surface area contributed by atoms with Crippen LogP contribution in [0.1, 0.15) is 20.3 Å². The quantitative estimate of drug-likeness (QED) is 0.595. The Morgan fingerprint density at radius 3 is 2.43 bits per heavy atom. The van der Waals surface area contributed by atoms with Crippen LogP contribution in [0.5, 0.6) is 0 Å². The maximum atomic E-state index is 10.6. The first-order valence-electron chi connectivity index (χ1n) is 5.06. The number of carbonyl (C=O) groups is 1. The maximum Gasteiger partial charge on any atom is 0.307 e. The van der Waals surface area contributed by atoms with Crippen molar-refractivity contribution in [1.29, 1.82) is 0 Å².